The first-order chi connectivity index (χ1) is 9.69. The summed E-state index contributed by atoms with van der Waals surface area (Å²) >= 11 is 0. The Morgan fingerprint density at radius 3 is 2.65 bits per heavy atom. The highest BCUT2D eigenvalue weighted by Gasteiger charge is 2.29. The number of benzene rings is 1. The molecule has 1 saturated heterocycles. The number of carbonyl (C=O) groups excluding carboxylic acids is 2. The molecule has 0 saturated carbocycles. The fourth-order valence-corrected chi connectivity index (χ4v) is 2.08. The lowest BCUT2D eigenvalue weighted by Gasteiger charge is -2.12. The Kier molecular flexibility index (Phi) is 5.09. The van der Waals surface area contributed by atoms with E-state index in [1.165, 1.54) is 0 Å². The van der Waals surface area contributed by atoms with E-state index in [0.717, 1.165) is 6.42 Å². The maximum atomic E-state index is 11.8. The molecule has 20 heavy (non-hydrogen) atoms. The van der Waals surface area contributed by atoms with Gasteiger partial charge in [0.15, 0.2) is 0 Å². The molecule has 4 N–H and O–H groups in total. The van der Waals surface area contributed by atoms with Gasteiger partial charge in [0.2, 0.25) is 11.8 Å². The minimum atomic E-state index is -0.493. The smallest absolute Gasteiger partial charge is 0.249 e. The van der Waals surface area contributed by atoms with Crippen LogP contribution in [0.4, 0.5) is 5.69 Å². The summed E-state index contributed by atoms with van der Waals surface area (Å²) in [7, 11) is 0. The zero-order valence-electron chi connectivity index (χ0n) is 11.2. The summed E-state index contributed by atoms with van der Waals surface area (Å²) in [6.45, 7) is 0.346. The molecule has 1 aromatic carbocycles. The number of rotatable bonds is 5. The standard InChI is InChI=1S/C14H19N3O3/c15-8-11-6-7-12(20-11)14(19)16-9-13(18)17-10-4-2-1-3-5-10/h1-5,11-12H,6-9,15H2,(H,16,19)(H,17,18)/t11-,12+/m1/s1. The lowest BCUT2D eigenvalue weighted by Crippen LogP contribution is -2.39. The molecule has 2 rings (SSSR count). The van der Waals surface area contributed by atoms with Crippen LogP contribution in [0.25, 0.3) is 0 Å². The van der Waals surface area contributed by atoms with Crippen molar-refractivity contribution in [3.63, 3.8) is 0 Å². The van der Waals surface area contributed by atoms with E-state index >= 15 is 0 Å². The molecule has 0 aromatic heterocycles. The highest BCUT2D eigenvalue weighted by atomic mass is 16.5. The van der Waals surface area contributed by atoms with Crippen LogP contribution in [-0.2, 0) is 14.3 Å². The van der Waals surface area contributed by atoms with Crippen molar-refractivity contribution in [1.82, 2.24) is 5.32 Å². The molecule has 0 aliphatic carbocycles. The monoisotopic (exact) mass is 277 g/mol. The number of anilines is 1. The van der Waals surface area contributed by atoms with Crippen molar-refractivity contribution in [2.45, 2.75) is 25.0 Å². The van der Waals surface area contributed by atoms with Gasteiger partial charge in [-0.1, -0.05) is 18.2 Å². The molecule has 1 fully saturated rings. The molecule has 0 unspecified atom stereocenters. The molecule has 1 aliphatic heterocycles. The molecule has 0 bridgehead atoms. The second-order valence-electron chi connectivity index (χ2n) is 4.69. The SMILES string of the molecule is NC[C@H]1CC[C@@H](C(=O)NCC(=O)Nc2ccccc2)O1. The lowest BCUT2D eigenvalue weighted by molar-refractivity contribution is -0.133. The molecule has 2 atom stereocenters. The fourth-order valence-electron chi connectivity index (χ4n) is 2.08. The highest BCUT2D eigenvalue weighted by Crippen LogP contribution is 2.18. The number of ether oxygens (including phenoxy) is 1. The summed E-state index contributed by atoms with van der Waals surface area (Å²) in [5, 5.41) is 5.27. The molecule has 0 spiro atoms. The average Bonchev–Trinajstić information content (AvgIpc) is 2.95. The third kappa shape index (κ3) is 4.04. The van der Waals surface area contributed by atoms with Gasteiger partial charge < -0.3 is 21.1 Å². The van der Waals surface area contributed by atoms with Crippen LogP contribution in [-0.4, -0.2) is 37.1 Å². The van der Waals surface area contributed by atoms with Gasteiger partial charge >= 0.3 is 0 Å². The van der Waals surface area contributed by atoms with Gasteiger partial charge in [-0.15, -0.1) is 0 Å². The fraction of sp³-hybridized carbons (Fsp3) is 0.429. The Labute approximate surface area is 117 Å². The van der Waals surface area contributed by atoms with Crippen molar-refractivity contribution in [2.75, 3.05) is 18.4 Å². The van der Waals surface area contributed by atoms with Crippen molar-refractivity contribution < 1.29 is 14.3 Å². The Balaban J connectivity index is 1.72. The Morgan fingerprint density at radius 1 is 1.25 bits per heavy atom. The molecular formula is C14H19N3O3. The number of hydrogen-bond donors (Lipinski definition) is 3. The van der Waals surface area contributed by atoms with Gasteiger partial charge in [0, 0.05) is 12.2 Å². The van der Waals surface area contributed by atoms with E-state index in [2.05, 4.69) is 10.6 Å². The van der Waals surface area contributed by atoms with Crippen LogP contribution >= 0.6 is 0 Å². The highest BCUT2D eigenvalue weighted by molar-refractivity contribution is 5.95. The first-order valence-electron chi connectivity index (χ1n) is 6.67. The van der Waals surface area contributed by atoms with Gasteiger partial charge in [-0.2, -0.15) is 0 Å². The van der Waals surface area contributed by atoms with Crippen LogP contribution in [0.3, 0.4) is 0 Å². The van der Waals surface area contributed by atoms with Gasteiger partial charge in [-0.3, -0.25) is 9.59 Å². The summed E-state index contributed by atoms with van der Waals surface area (Å²) < 4.78 is 5.45. The van der Waals surface area contributed by atoms with Crippen LogP contribution in [0.2, 0.25) is 0 Å². The maximum absolute atomic E-state index is 11.8. The third-order valence-electron chi connectivity index (χ3n) is 3.14. The number of hydrogen-bond acceptors (Lipinski definition) is 4. The number of nitrogens with one attached hydrogen (secondary N) is 2. The lowest BCUT2D eigenvalue weighted by atomic mass is 10.2. The molecular weight excluding hydrogens is 258 g/mol. The Bertz CT molecular complexity index is 464. The summed E-state index contributed by atoms with van der Waals surface area (Å²) in [4.78, 5) is 23.5. The van der Waals surface area contributed by atoms with E-state index in [1.807, 2.05) is 18.2 Å². The average molecular weight is 277 g/mol. The van der Waals surface area contributed by atoms with Crippen molar-refractivity contribution in [3.8, 4) is 0 Å². The number of para-hydroxylation sites is 1. The van der Waals surface area contributed by atoms with Crippen LogP contribution in [0.1, 0.15) is 12.8 Å². The number of carbonyl (C=O) groups is 2. The van der Waals surface area contributed by atoms with Crippen molar-refractivity contribution >= 4 is 17.5 Å². The molecule has 0 radical (unpaired) electrons. The molecule has 1 heterocycles. The number of amides is 2. The first-order valence-corrected chi connectivity index (χ1v) is 6.67. The van der Waals surface area contributed by atoms with Gasteiger partial charge in [0.25, 0.3) is 0 Å². The molecule has 1 aromatic rings. The molecule has 2 amide bonds. The van der Waals surface area contributed by atoms with Crippen molar-refractivity contribution in [2.24, 2.45) is 5.73 Å². The maximum Gasteiger partial charge on any atom is 0.249 e. The molecule has 108 valence electrons. The molecule has 1 aliphatic rings. The zero-order valence-corrected chi connectivity index (χ0v) is 11.2. The van der Waals surface area contributed by atoms with E-state index in [9.17, 15) is 9.59 Å². The topological polar surface area (TPSA) is 93.5 Å². The second kappa shape index (κ2) is 7.02. The zero-order chi connectivity index (χ0) is 14.4. The van der Waals surface area contributed by atoms with Gasteiger partial charge in [0.1, 0.15) is 6.10 Å². The predicted octanol–water partition coefficient (Wildman–Crippen LogP) is 0.248. The van der Waals surface area contributed by atoms with Crippen molar-refractivity contribution in [3.05, 3.63) is 30.3 Å². The Morgan fingerprint density at radius 2 is 2.00 bits per heavy atom. The van der Waals surface area contributed by atoms with E-state index in [4.69, 9.17) is 10.5 Å². The van der Waals surface area contributed by atoms with Crippen LogP contribution in [0.15, 0.2) is 30.3 Å². The van der Waals surface area contributed by atoms with Crippen molar-refractivity contribution in [1.29, 1.82) is 0 Å². The van der Waals surface area contributed by atoms with E-state index < -0.39 is 6.10 Å². The number of nitrogens with two attached hydrogens (primary N) is 1. The summed E-state index contributed by atoms with van der Waals surface area (Å²) in [6, 6.07) is 9.08. The van der Waals surface area contributed by atoms with Crippen LogP contribution < -0.4 is 16.4 Å². The normalized spacial score (nSPS) is 21.4. The van der Waals surface area contributed by atoms with E-state index in [-0.39, 0.29) is 24.5 Å². The van der Waals surface area contributed by atoms with E-state index in [1.54, 1.807) is 12.1 Å². The summed E-state index contributed by atoms with van der Waals surface area (Å²) in [5.41, 5.74) is 6.18. The minimum Gasteiger partial charge on any atom is -0.364 e. The van der Waals surface area contributed by atoms with E-state index in [0.29, 0.717) is 18.7 Å². The predicted molar refractivity (Wildman–Crippen MR) is 75.0 cm³/mol. The molecule has 6 nitrogen and oxygen atoms in total. The first kappa shape index (κ1) is 14.5. The van der Waals surface area contributed by atoms with Gasteiger partial charge in [-0.05, 0) is 25.0 Å². The largest absolute Gasteiger partial charge is 0.364 e. The minimum absolute atomic E-state index is 0.0519. The third-order valence-corrected chi connectivity index (χ3v) is 3.14. The quantitative estimate of drug-likeness (QED) is 0.719. The van der Waals surface area contributed by atoms with Crippen LogP contribution in [0.5, 0.6) is 0 Å². The summed E-state index contributed by atoms with van der Waals surface area (Å²) in [5.74, 6) is -0.526. The summed E-state index contributed by atoms with van der Waals surface area (Å²) in [6.07, 6.45) is 0.885. The van der Waals surface area contributed by atoms with Crippen LogP contribution in [0, 0.1) is 0 Å². The Hall–Kier alpha value is -1.92. The molecule has 6 heteroatoms. The van der Waals surface area contributed by atoms with Gasteiger partial charge in [-0.25, -0.2) is 0 Å². The second-order valence-corrected chi connectivity index (χ2v) is 4.69. The van der Waals surface area contributed by atoms with Gasteiger partial charge in [0.05, 0.1) is 12.6 Å².